The van der Waals surface area contributed by atoms with Gasteiger partial charge in [-0.15, -0.1) is 0 Å². The van der Waals surface area contributed by atoms with Gasteiger partial charge in [-0.2, -0.15) is 0 Å². The van der Waals surface area contributed by atoms with E-state index in [2.05, 4.69) is 58.5 Å². The van der Waals surface area contributed by atoms with E-state index < -0.39 is 139 Å². The number of nitrogens with one attached hydrogen (secondary N) is 11. The smallest absolute Gasteiger partial charge is 0.245 e. The number of carbonyl (C=O) groups excluding carboxylic acids is 10. The fraction of sp³-hybridized carbons (Fsp3) is 0.680. The lowest BCUT2D eigenvalue weighted by molar-refractivity contribution is -0.136. The Hall–Kier alpha value is -6.36. The van der Waals surface area contributed by atoms with E-state index in [9.17, 15) is 58.2 Å². The minimum atomic E-state index is -1.66. The van der Waals surface area contributed by atoms with Crippen molar-refractivity contribution in [3.8, 4) is 0 Å². The molecule has 10 amide bonds. The van der Waals surface area contributed by atoms with Crippen molar-refractivity contribution in [3.05, 3.63) is 35.9 Å². The Bertz CT molecular complexity index is 2110. The number of aliphatic hydroxyl groups excluding tert-OH is 2. The van der Waals surface area contributed by atoms with Gasteiger partial charge in [0.05, 0.1) is 12.2 Å². The number of rotatable bonds is 21. The van der Waals surface area contributed by atoms with Crippen LogP contribution in [0.1, 0.15) is 97.5 Å². The van der Waals surface area contributed by atoms with Gasteiger partial charge in [0, 0.05) is 25.4 Å². The van der Waals surface area contributed by atoms with Gasteiger partial charge in [0.15, 0.2) is 0 Å². The Kier molecular flexibility index (Phi) is 28.4. The number of hydrogen-bond acceptors (Lipinski definition) is 17. The van der Waals surface area contributed by atoms with Crippen LogP contribution < -0.4 is 81.4 Å². The normalized spacial score (nSPS) is 25.4. The Morgan fingerprint density at radius 2 is 1.14 bits per heavy atom. The summed E-state index contributed by atoms with van der Waals surface area (Å²) in [5.74, 6) is -8.84. The topological polar surface area (TPSA) is 448 Å². The Morgan fingerprint density at radius 3 is 1.66 bits per heavy atom. The van der Waals surface area contributed by atoms with E-state index in [0.717, 1.165) is 25.8 Å². The molecule has 2 aliphatic rings. The summed E-state index contributed by atoms with van der Waals surface area (Å²) in [6.45, 7) is 5.82. The van der Waals surface area contributed by atoms with E-state index in [-0.39, 0.29) is 83.1 Å². The third-order valence-corrected chi connectivity index (χ3v) is 13.0. The molecule has 1 aromatic rings. The third kappa shape index (κ3) is 22.3. The van der Waals surface area contributed by atoms with Crippen molar-refractivity contribution in [1.29, 1.82) is 0 Å². The van der Waals surface area contributed by atoms with Crippen LogP contribution in [0.15, 0.2) is 30.3 Å². The zero-order valence-electron chi connectivity index (χ0n) is 44.7. The van der Waals surface area contributed by atoms with E-state index in [1.54, 1.807) is 44.2 Å². The van der Waals surface area contributed by atoms with Crippen molar-refractivity contribution >= 4 is 59.1 Å². The van der Waals surface area contributed by atoms with Crippen LogP contribution in [0.25, 0.3) is 0 Å². The Morgan fingerprint density at radius 1 is 0.610 bits per heavy atom. The highest BCUT2D eigenvalue weighted by Crippen LogP contribution is 2.13. The maximum absolute atomic E-state index is 14.4. The van der Waals surface area contributed by atoms with Crippen molar-refractivity contribution in [1.82, 2.24) is 58.5 Å². The van der Waals surface area contributed by atoms with Crippen LogP contribution in [0.3, 0.4) is 0 Å². The molecule has 2 saturated heterocycles. The molecular weight excluding hydrogens is 1000 g/mol. The number of benzene rings is 1. The predicted octanol–water partition coefficient (Wildman–Crippen LogP) is -6.15. The van der Waals surface area contributed by atoms with Gasteiger partial charge in [-0.25, -0.2) is 0 Å². The van der Waals surface area contributed by atoms with Crippen molar-refractivity contribution in [2.75, 3.05) is 39.3 Å². The SMILES string of the molecule is CC(C)C[C@@H]1NC(=O)[C@@H](Cc2ccccc2)NC(=O)[C@H](CCN)NC(=O)[C@@H](NC(=O)[C@H](CCN)NC(=O)[C@@H](NC(=O)C[C@@H]2CCCCN2)C(C)O)CCNC(=O)[C@H](C(C)O)NC(=O)[C@H](CCN)NC(=O)C(CCN)NC1=O. The molecular formula is C50H85N15O12. The minimum absolute atomic E-state index is 0.0332. The molecule has 0 radical (unpaired) electrons. The highest BCUT2D eigenvalue weighted by Gasteiger charge is 2.37. The summed E-state index contributed by atoms with van der Waals surface area (Å²) in [6, 6.07) is -4.62. The lowest BCUT2D eigenvalue weighted by Crippen LogP contribution is -2.61. The highest BCUT2D eigenvalue weighted by atomic mass is 16.3. The van der Waals surface area contributed by atoms with E-state index in [1.165, 1.54) is 13.8 Å². The molecule has 27 heteroatoms. The maximum Gasteiger partial charge on any atom is 0.245 e. The van der Waals surface area contributed by atoms with Gasteiger partial charge in [-0.05, 0) is 109 Å². The third-order valence-electron chi connectivity index (χ3n) is 13.0. The van der Waals surface area contributed by atoms with Gasteiger partial charge in [0.2, 0.25) is 59.1 Å². The number of amides is 10. The molecule has 3 unspecified atom stereocenters. The highest BCUT2D eigenvalue weighted by molar-refractivity contribution is 5.99. The van der Waals surface area contributed by atoms with Gasteiger partial charge in [0.1, 0.15) is 54.4 Å². The number of carbonyl (C=O) groups is 10. The van der Waals surface area contributed by atoms with Crippen molar-refractivity contribution in [2.24, 2.45) is 28.9 Å². The maximum atomic E-state index is 14.4. The van der Waals surface area contributed by atoms with Crippen LogP contribution in [-0.2, 0) is 54.4 Å². The molecule has 1 aromatic carbocycles. The van der Waals surface area contributed by atoms with E-state index in [1.807, 2.05) is 0 Å². The molecule has 0 aromatic heterocycles. The quantitative estimate of drug-likeness (QED) is 0.0545. The van der Waals surface area contributed by atoms with Crippen molar-refractivity contribution in [2.45, 2.75) is 171 Å². The molecule has 21 N–H and O–H groups in total. The first-order valence-electron chi connectivity index (χ1n) is 26.6. The molecule has 2 fully saturated rings. The molecule has 0 saturated carbocycles. The van der Waals surface area contributed by atoms with Crippen LogP contribution in [0, 0.1) is 5.92 Å². The summed E-state index contributed by atoms with van der Waals surface area (Å²) < 4.78 is 0. The van der Waals surface area contributed by atoms with Gasteiger partial charge < -0.3 is 91.6 Å². The van der Waals surface area contributed by atoms with Crippen LogP contribution in [-0.4, -0.2) is 181 Å². The van der Waals surface area contributed by atoms with Gasteiger partial charge in [0.25, 0.3) is 0 Å². The molecule has 0 aliphatic carbocycles. The molecule has 77 heavy (non-hydrogen) atoms. The summed E-state index contributed by atoms with van der Waals surface area (Å²) in [4.78, 5) is 139. The number of nitrogens with two attached hydrogens (primary N) is 4. The van der Waals surface area contributed by atoms with E-state index >= 15 is 0 Å². The van der Waals surface area contributed by atoms with E-state index in [0.29, 0.717) is 5.56 Å². The monoisotopic (exact) mass is 1090 g/mol. The fourth-order valence-corrected chi connectivity index (χ4v) is 8.74. The number of piperidine rings is 1. The fourth-order valence-electron chi connectivity index (χ4n) is 8.74. The summed E-state index contributed by atoms with van der Waals surface area (Å²) in [5, 5.41) is 50.2. The molecule has 3 rings (SSSR count). The van der Waals surface area contributed by atoms with Gasteiger partial charge in [-0.1, -0.05) is 50.6 Å². The van der Waals surface area contributed by atoms with Crippen LogP contribution in [0.5, 0.6) is 0 Å². The Balaban J connectivity index is 2.09. The molecule has 0 spiro atoms. The summed E-state index contributed by atoms with van der Waals surface area (Å²) in [7, 11) is 0. The van der Waals surface area contributed by atoms with Crippen LogP contribution in [0.2, 0.25) is 0 Å². The molecule has 432 valence electrons. The van der Waals surface area contributed by atoms with E-state index in [4.69, 9.17) is 22.9 Å². The van der Waals surface area contributed by atoms with Crippen molar-refractivity contribution in [3.63, 3.8) is 0 Å². The molecule has 2 aliphatic heterocycles. The lowest BCUT2D eigenvalue weighted by Gasteiger charge is -2.29. The summed E-state index contributed by atoms with van der Waals surface area (Å²) >= 11 is 0. The van der Waals surface area contributed by atoms with Gasteiger partial charge >= 0.3 is 0 Å². The molecule has 27 nitrogen and oxygen atoms in total. The molecule has 2 heterocycles. The zero-order valence-corrected chi connectivity index (χ0v) is 44.7. The van der Waals surface area contributed by atoms with Crippen molar-refractivity contribution < 1.29 is 58.2 Å². The first-order chi connectivity index (χ1) is 36.6. The predicted molar refractivity (Wildman–Crippen MR) is 283 cm³/mol. The zero-order chi connectivity index (χ0) is 57.2. The summed E-state index contributed by atoms with van der Waals surface area (Å²) in [6.07, 6.45) is -1.44. The summed E-state index contributed by atoms with van der Waals surface area (Å²) in [5.41, 5.74) is 24.1. The Labute approximate surface area is 449 Å². The molecule has 12 atom stereocenters. The second-order valence-corrected chi connectivity index (χ2v) is 20.0. The van der Waals surface area contributed by atoms with Crippen LogP contribution >= 0.6 is 0 Å². The first-order valence-corrected chi connectivity index (χ1v) is 26.6. The van der Waals surface area contributed by atoms with Crippen LogP contribution in [0.4, 0.5) is 0 Å². The second kappa shape index (κ2) is 33.7. The van der Waals surface area contributed by atoms with Gasteiger partial charge in [-0.3, -0.25) is 47.9 Å². The number of hydrogen-bond donors (Lipinski definition) is 17. The standard InChI is InChI=1S/C50H85N15O12/c1-27(2)24-37-47(74)59-32(13-18-51)42(69)58-35(16-21-54)46(73)65-40(28(3)66)49(76)56-23-17-36(45(72)57-33(14-19-52)44(71)63-38(48(75)62-37)25-30-10-6-5-7-11-30)60-43(70)34(15-20-53)61-50(77)41(29(4)67)64-39(68)26-31-12-8-9-22-55-31/h5-7,10-11,27-29,31-38,40-41,55,66-67H,8-9,12-26,51-54H2,1-4H3,(H,56,76)(H,57,72)(H,58,69)(H,59,74)(H,60,70)(H,61,77)(H,62,75)(H,63,71)(H,64,68)(H,65,73)/t28?,29?,31-,32?,33-,34-,35-,36-,37-,38+,40-,41-/m0/s1. The lowest BCUT2D eigenvalue weighted by atomic mass is 10.00. The first kappa shape index (κ1) is 64.9. The molecule has 0 bridgehead atoms. The minimum Gasteiger partial charge on any atom is -0.391 e. The average Bonchev–Trinajstić information content (AvgIpc) is 3.37. The largest absolute Gasteiger partial charge is 0.391 e. The number of aliphatic hydroxyl groups is 2. The second-order valence-electron chi connectivity index (χ2n) is 20.0. The average molecular weight is 1090 g/mol.